The lowest BCUT2D eigenvalue weighted by Gasteiger charge is -2.12. The molecule has 2 unspecified atom stereocenters. The minimum atomic E-state index is -0.360. The Labute approximate surface area is 108 Å². The molecule has 1 aromatic carbocycles. The molecule has 1 aliphatic carbocycles. The van der Waals surface area contributed by atoms with Crippen molar-refractivity contribution in [2.24, 2.45) is 5.92 Å². The average molecular weight is 243 g/mol. The number of ether oxygens (including phenoxy) is 1. The van der Waals surface area contributed by atoms with Gasteiger partial charge in [-0.25, -0.2) is 4.79 Å². The van der Waals surface area contributed by atoms with Crippen LogP contribution in [0.2, 0.25) is 0 Å². The lowest BCUT2D eigenvalue weighted by Crippen LogP contribution is -2.33. The highest BCUT2D eigenvalue weighted by Gasteiger charge is 2.24. The number of benzene rings is 1. The van der Waals surface area contributed by atoms with Crippen LogP contribution in [0.1, 0.15) is 24.8 Å². The van der Waals surface area contributed by atoms with Crippen molar-refractivity contribution in [3.05, 3.63) is 35.9 Å². The molecule has 0 heterocycles. The van der Waals surface area contributed by atoms with Gasteiger partial charge in [0, 0.05) is 12.0 Å². The fourth-order valence-corrected chi connectivity index (χ4v) is 2.20. The SMILES string of the molecule is C#CC1CCC(NC(=O)OCc2ccccc2)C1. The average Bonchev–Trinajstić information content (AvgIpc) is 2.85. The van der Waals surface area contributed by atoms with Gasteiger partial charge in [0.15, 0.2) is 0 Å². The number of terminal acetylenes is 1. The zero-order valence-electron chi connectivity index (χ0n) is 10.3. The summed E-state index contributed by atoms with van der Waals surface area (Å²) in [6.07, 6.45) is 7.79. The monoisotopic (exact) mass is 243 g/mol. The first-order valence-corrected chi connectivity index (χ1v) is 6.21. The van der Waals surface area contributed by atoms with Gasteiger partial charge in [-0.15, -0.1) is 12.3 Å². The van der Waals surface area contributed by atoms with Crippen molar-refractivity contribution < 1.29 is 9.53 Å². The molecule has 18 heavy (non-hydrogen) atoms. The first-order chi connectivity index (χ1) is 8.78. The first-order valence-electron chi connectivity index (χ1n) is 6.21. The zero-order valence-corrected chi connectivity index (χ0v) is 10.3. The fraction of sp³-hybridized carbons (Fsp3) is 0.400. The number of hydrogen-bond acceptors (Lipinski definition) is 2. The molecule has 1 aliphatic rings. The number of carbonyl (C=O) groups is 1. The molecule has 0 aromatic heterocycles. The Hall–Kier alpha value is -1.95. The Morgan fingerprint density at radius 1 is 1.39 bits per heavy atom. The third-order valence-corrected chi connectivity index (χ3v) is 3.20. The quantitative estimate of drug-likeness (QED) is 0.829. The van der Waals surface area contributed by atoms with Crippen molar-refractivity contribution in [3.63, 3.8) is 0 Å². The van der Waals surface area contributed by atoms with Gasteiger partial charge in [0.1, 0.15) is 6.61 Å². The van der Waals surface area contributed by atoms with Gasteiger partial charge >= 0.3 is 6.09 Å². The van der Waals surface area contributed by atoms with Crippen LogP contribution < -0.4 is 5.32 Å². The second kappa shape index (κ2) is 6.11. The van der Waals surface area contributed by atoms with Crippen LogP contribution >= 0.6 is 0 Å². The van der Waals surface area contributed by atoms with Crippen LogP contribution in [0.4, 0.5) is 4.79 Å². The van der Waals surface area contributed by atoms with E-state index in [-0.39, 0.29) is 12.1 Å². The Kier molecular flexibility index (Phi) is 4.25. The van der Waals surface area contributed by atoms with Crippen molar-refractivity contribution in [3.8, 4) is 12.3 Å². The number of alkyl carbamates (subject to hydrolysis) is 1. The molecule has 0 spiro atoms. The summed E-state index contributed by atoms with van der Waals surface area (Å²) >= 11 is 0. The number of carbonyl (C=O) groups excluding carboxylic acids is 1. The molecule has 2 atom stereocenters. The van der Waals surface area contributed by atoms with E-state index in [0.717, 1.165) is 24.8 Å². The molecule has 3 nitrogen and oxygen atoms in total. The predicted molar refractivity (Wildman–Crippen MR) is 69.7 cm³/mol. The largest absolute Gasteiger partial charge is 0.445 e. The first kappa shape index (κ1) is 12.5. The van der Waals surface area contributed by atoms with Crippen molar-refractivity contribution in [2.45, 2.75) is 31.9 Å². The Balaban J connectivity index is 1.72. The molecule has 0 saturated heterocycles. The van der Waals surface area contributed by atoms with E-state index in [2.05, 4.69) is 11.2 Å². The summed E-state index contributed by atoms with van der Waals surface area (Å²) in [6.45, 7) is 0.304. The zero-order chi connectivity index (χ0) is 12.8. The van der Waals surface area contributed by atoms with Crippen molar-refractivity contribution >= 4 is 6.09 Å². The van der Waals surface area contributed by atoms with E-state index < -0.39 is 0 Å². The standard InChI is InChI=1S/C15H17NO2/c1-2-12-8-9-14(10-12)16-15(17)18-11-13-6-4-3-5-7-13/h1,3-7,12,14H,8-11H2,(H,16,17). The van der Waals surface area contributed by atoms with Crippen LogP contribution in [-0.2, 0) is 11.3 Å². The number of amides is 1. The number of rotatable bonds is 3. The van der Waals surface area contributed by atoms with Crippen LogP contribution in [0, 0.1) is 18.3 Å². The number of hydrogen-bond donors (Lipinski definition) is 1. The van der Waals surface area contributed by atoms with Crippen LogP contribution in [0.15, 0.2) is 30.3 Å². The van der Waals surface area contributed by atoms with Crippen molar-refractivity contribution in [1.82, 2.24) is 5.32 Å². The van der Waals surface area contributed by atoms with E-state index in [0.29, 0.717) is 12.5 Å². The predicted octanol–water partition coefficient (Wildman–Crippen LogP) is 2.71. The molecule has 1 saturated carbocycles. The normalized spacial score (nSPS) is 22.2. The molecule has 1 N–H and O–H groups in total. The summed E-state index contributed by atoms with van der Waals surface area (Å²) in [7, 11) is 0. The van der Waals surface area contributed by atoms with E-state index in [4.69, 9.17) is 11.2 Å². The highest BCUT2D eigenvalue weighted by atomic mass is 16.5. The van der Waals surface area contributed by atoms with Crippen LogP contribution in [0.5, 0.6) is 0 Å². The molecule has 0 radical (unpaired) electrons. The maximum atomic E-state index is 11.6. The van der Waals surface area contributed by atoms with Crippen LogP contribution in [-0.4, -0.2) is 12.1 Å². The molecular weight excluding hydrogens is 226 g/mol. The summed E-state index contributed by atoms with van der Waals surface area (Å²) in [5.74, 6) is 3.03. The van der Waals surface area contributed by atoms with Crippen molar-refractivity contribution in [1.29, 1.82) is 0 Å². The molecule has 0 bridgehead atoms. The summed E-state index contributed by atoms with van der Waals surface area (Å²) in [6, 6.07) is 9.79. The van der Waals surface area contributed by atoms with E-state index in [1.54, 1.807) is 0 Å². The lowest BCUT2D eigenvalue weighted by molar-refractivity contribution is 0.135. The second-order valence-electron chi connectivity index (χ2n) is 4.58. The second-order valence-corrected chi connectivity index (χ2v) is 4.58. The Morgan fingerprint density at radius 2 is 2.17 bits per heavy atom. The molecule has 2 rings (SSSR count). The Bertz CT molecular complexity index is 436. The van der Waals surface area contributed by atoms with Gasteiger partial charge in [-0.2, -0.15) is 0 Å². The Morgan fingerprint density at radius 3 is 2.83 bits per heavy atom. The van der Waals surface area contributed by atoms with E-state index in [1.165, 1.54) is 0 Å². The van der Waals surface area contributed by atoms with Gasteiger partial charge in [-0.3, -0.25) is 0 Å². The van der Waals surface area contributed by atoms with Crippen LogP contribution in [0.25, 0.3) is 0 Å². The van der Waals surface area contributed by atoms with E-state index in [1.807, 2.05) is 30.3 Å². The lowest BCUT2D eigenvalue weighted by atomic mass is 10.1. The molecule has 94 valence electrons. The van der Waals surface area contributed by atoms with Gasteiger partial charge in [0.25, 0.3) is 0 Å². The molecular formula is C15H17NO2. The summed E-state index contributed by atoms with van der Waals surface area (Å²) in [5, 5.41) is 2.86. The summed E-state index contributed by atoms with van der Waals surface area (Å²) < 4.78 is 5.16. The van der Waals surface area contributed by atoms with Crippen molar-refractivity contribution in [2.75, 3.05) is 0 Å². The highest BCUT2D eigenvalue weighted by molar-refractivity contribution is 5.67. The van der Waals surface area contributed by atoms with E-state index in [9.17, 15) is 4.79 Å². The van der Waals surface area contributed by atoms with Crippen LogP contribution in [0.3, 0.4) is 0 Å². The number of nitrogens with one attached hydrogen (secondary N) is 1. The van der Waals surface area contributed by atoms with Gasteiger partial charge in [-0.05, 0) is 24.8 Å². The third kappa shape index (κ3) is 3.53. The minimum absolute atomic E-state index is 0.161. The summed E-state index contributed by atoms with van der Waals surface area (Å²) in [4.78, 5) is 11.6. The smallest absolute Gasteiger partial charge is 0.407 e. The fourth-order valence-electron chi connectivity index (χ4n) is 2.20. The molecule has 3 heteroatoms. The summed E-state index contributed by atoms with van der Waals surface area (Å²) in [5.41, 5.74) is 0.987. The highest BCUT2D eigenvalue weighted by Crippen LogP contribution is 2.24. The third-order valence-electron chi connectivity index (χ3n) is 3.20. The maximum absolute atomic E-state index is 11.6. The van der Waals surface area contributed by atoms with Gasteiger partial charge < -0.3 is 10.1 Å². The topological polar surface area (TPSA) is 38.3 Å². The molecule has 1 fully saturated rings. The molecule has 1 amide bonds. The molecule has 1 aromatic rings. The minimum Gasteiger partial charge on any atom is -0.445 e. The maximum Gasteiger partial charge on any atom is 0.407 e. The molecule has 0 aliphatic heterocycles. The van der Waals surface area contributed by atoms with Gasteiger partial charge in [0.05, 0.1) is 0 Å². The van der Waals surface area contributed by atoms with E-state index >= 15 is 0 Å². The van der Waals surface area contributed by atoms with Gasteiger partial charge in [-0.1, -0.05) is 30.3 Å². The van der Waals surface area contributed by atoms with Gasteiger partial charge in [0.2, 0.25) is 0 Å².